The Labute approximate surface area is 101 Å². The molecule has 1 atom stereocenters. The van der Waals surface area contributed by atoms with Crippen LogP contribution in [0.25, 0.3) is 0 Å². The summed E-state index contributed by atoms with van der Waals surface area (Å²) in [5.41, 5.74) is 0. The lowest BCUT2D eigenvalue weighted by atomic mass is 10.6. The lowest BCUT2D eigenvalue weighted by Crippen LogP contribution is -2.22. The standard InChI is InChI=1S/C6H15N2OPS2.C2H6.2H2/c1-6(9)7-2-4-11-12-5-3-8-10;1-2;;/h8H,2-5,10H2,1H3,(H,7,9);1-2H3;2*1H. The maximum absolute atomic E-state index is 10.4. The van der Waals surface area contributed by atoms with Crippen LogP contribution >= 0.6 is 31.0 Å². The van der Waals surface area contributed by atoms with E-state index in [9.17, 15) is 4.79 Å². The molecule has 0 aliphatic heterocycles. The summed E-state index contributed by atoms with van der Waals surface area (Å²) in [4.78, 5) is 10.4. The van der Waals surface area contributed by atoms with E-state index in [1.807, 2.05) is 24.6 Å². The molecule has 0 aliphatic rings. The smallest absolute Gasteiger partial charge is 0.216 e. The summed E-state index contributed by atoms with van der Waals surface area (Å²) in [6, 6.07) is 0. The largest absolute Gasteiger partial charge is 0.355 e. The first kappa shape index (κ1) is 17.0. The molecule has 90 valence electrons. The zero-order valence-corrected chi connectivity index (χ0v) is 11.9. The zero-order valence-electron chi connectivity index (χ0n) is 9.13. The van der Waals surface area contributed by atoms with E-state index in [0.717, 1.165) is 24.6 Å². The molecule has 0 radical (unpaired) electrons. The third-order valence-electron chi connectivity index (χ3n) is 0.972. The molecule has 0 bridgehead atoms. The molecule has 0 aromatic heterocycles. The number of hydrogen-bond acceptors (Lipinski definition) is 4. The topological polar surface area (TPSA) is 41.1 Å². The minimum atomic E-state index is 0. The van der Waals surface area contributed by atoms with Gasteiger partial charge in [-0.15, -0.1) is 0 Å². The molecule has 0 rings (SSSR count). The zero-order chi connectivity index (χ0) is 11.2. The van der Waals surface area contributed by atoms with Crippen LogP contribution in [0.1, 0.15) is 23.6 Å². The van der Waals surface area contributed by atoms with Crippen molar-refractivity contribution in [1.29, 1.82) is 0 Å². The van der Waals surface area contributed by atoms with Gasteiger partial charge in [0.25, 0.3) is 0 Å². The van der Waals surface area contributed by atoms with Crippen molar-refractivity contribution in [2.45, 2.75) is 20.8 Å². The number of amides is 1. The van der Waals surface area contributed by atoms with E-state index < -0.39 is 0 Å². The van der Waals surface area contributed by atoms with Crippen LogP contribution in [0.4, 0.5) is 0 Å². The van der Waals surface area contributed by atoms with Crippen molar-refractivity contribution in [3.63, 3.8) is 0 Å². The van der Waals surface area contributed by atoms with E-state index in [1.165, 1.54) is 6.92 Å². The molecule has 0 saturated heterocycles. The van der Waals surface area contributed by atoms with E-state index in [-0.39, 0.29) is 8.76 Å². The molecule has 0 aromatic rings. The summed E-state index contributed by atoms with van der Waals surface area (Å²) in [6.07, 6.45) is 0. The Morgan fingerprint density at radius 3 is 2.21 bits per heavy atom. The highest BCUT2D eigenvalue weighted by Gasteiger charge is 1.91. The van der Waals surface area contributed by atoms with Crippen LogP contribution in [-0.2, 0) is 4.79 Å². The Morgan fingerprint density at radius 1 is 1.29 bits per heavy atom. The first-order valence-electron chi connectivity index (χ1n) is 4.69. The minimum Gasteiger partial charge on any atom is -0.355 e. The van der Waals surface area contributed by atoms with Crippen molar-refractivity contribution in [2.24, 2.45) is 0 Å². The van der Waals surface area contributed by atoms with Gasteiger partial charge in [-0.2, -0.15) is 0 Å². The average molecular weight is 260 g/mol. The number of carbonyl (C=O) groups excluding carboxylic acids is 1. The first-order valence-corrected chi connectivity index (χ1v) is 7.76. The highest BCUT2D eigenvalue weighted by atomic mass is 33.1. The maximum atomic E-state index is 10.4. The summed E-state index contributed by atoms with van der Waals surface area (Å²) in [5, 5.41) is 5.73. The molecule has 2 N–H and O–H groups in total. The van der Waals surface area contributed by atoms with Gasteiger partial charge >= 0.3 is 0 Å². The molecule has 1 amide bonds. The Morgan fingerprint density at radius 2 is 1.79 bits per heavy atom. The minimum absolute atomic E-state index is 0. The highest BCUT2D eigenvalue weighted by molar-refractivity contribution is 8.76. The fourth-order valence-electron chi connectivity index (χ4n) is 0.487. The van der Waals surface area contributed by atoms with Crippen molar-refractivity contribution >= 4 is 36.9 Å². The second-order valence-corrected chi connectivity index (χ2v) is 5.19. The van der Waals surface area contributed by atoms with Crippen LogP contribution in [0.2, 0.25) is 0 Å². The molecule has 0 saturated carbocycles. The second kappa shape index (κ2) is 16.0. The molecule has 3 nitrogen and oxygen atoms in total. The van der Waals surface area contributed by atoms with E-state index in [4.69, 9.17) is 0 Å². The predicted molar refractivity (Wildman–Crippen MR) is 76.9 cm³/mol. The molecule has 6 heteroatoms. The molecule has 0 aliphatic carbocycles. The van der Waals surface area contributed by atoms with Gasteiger partial charge in [-0.3, -0.25) is 9.88 Å². The van der Waals surface area contributed by atoms with Crippen molar-refractivity contribution in [1.82, 2.24) is 10.4 Å². The monoisotopic (exact) mass is 260 g/mol. The van der Waals surface area contributed by atoms with Crippen LogP contribution in [0.3, 0.4) is 0 Å². The predicted octanol–water partition coefficient (Wildman–Crippen LogP) is 2.40. The van der Waals surface area contributed by atoms with Crippen LogP contribution in [0.15, 0.2) is 0 Å². The summed E-state index contributed by atoms with van der Waals surface area (Å²) >= 11 is 0. The van der Waals surface area contributed by atoms with Crippen LogP contribution in [0, 0.1) is 0 Å². The second-order valence-electron chi connectivity index (χ2n) is 2.08. The molecule has 0 heterocycles. The van der Waals surface area contributed by atoms with Crippen molar-refractivity contribution in [3.8, 4) is 0 Å². The summed E-state index contributed by atoms with van der Waals surface area (Å²) in [6.45, 7) is 7.31. The fourth-order valence-corrected chi connectivity index (χ4v) is 2.67. The van der Waals surface area contributed by atoms with E-state index in [2.05, 4.69) is 19.8 Å². The fraction of sp³-hybridized carbons (Fsp3) is 0.875. The SMILES string of the molecule is CC.CC(=O)NCCSSCCNP.[HH].[HH]. The van der Waals surface area contributed by atoms with Gasteiger partial charge in [0.2, 0.25) is 5.91 Å². The van der Waals surface area contributed by atoms with Crippen LogP contribution in [-0.4, -0.2) is 30.5 Å². The number of carbonyl (C=O) groups is 1. The Balaban J connectivity index is -0.000000169. The van der Waals surface area contributed by atoms with Gasteiger partial charge in [0, 0.05) is 34.4 Å². The average Bonchev–Trinajstić information content (AvgIpc) is 2.19. The number of nitrogens with one attached hydrogen (secondary N) is 2. The van der Waals surface area contributed by atoms with Gasteiger partial charge in [-0.1, -0.05) is 44.8 Å². The van der Waals surface area contributed by atoms with Crippen molar-refractivity contribution in [3.05, 3.63) is 0 Å². The molecule has 1 unspecified atom stereocenters. The van der Waals surface area contributed by atoms with Crippen LogP contribution < -0.4 is 10.4 Å². The van der Waals surface area contributed by atoms with Gasteiger partial charge in [-0.25, -0.2) is 0 Å². The van der Waals surface area contributed by atoms with Gasteiger partial charge < -0.3 is 5.32 Å². The van der Waals surface area contributed by atoms with Gasteiger partial charge in [0.1, 0.15) is 0 Å². The molecular formula is C8H25N2OPS2. The molecule has 0 aromatic carbocycles. The summed E-state index contributed by atoms with van der Waals surface area (Å²) in [7, 11) is 6.08. The number of rotatable bonds is 7. The van der Waals surface area contributed by atoms with Gasteiger partial charge in [0.05, 0.1) is 0 Å². The lowest BCUT2D eigenvalue weighted by Gasteiger charge is -2.01. The third kappa shape index (κ3) is 18.4. The molecule has 0 spiro atoms. The Hall–Kier alpha value is 0.560. The molecule has 14 heavy (non-hydrogen) atoms. The maximum Gasteiger partial charge on any atom is 0.216 e. The van der Waals surface area contributed by atoms with Crippen LogP contribution in [0.5, 0.6) is 0 Å². The van der Waals surface area contributed by atoms with E-state index in [0.29, 0.717) is 0 Å². The van der Waals surface area contributed by atoms with E-state index in [1.54, 1.807) is 10.8 Å². The molecule has 0 fully saturated rings. The number of hydrogen-bond donors (Lipinski definition) is 2. The summed E-state index contributed by atoms with van der Waals surface area (Å²) in [5.74, 6) is 2.11. The molecular weight excluding hydrogens is 235 g/mol. The Bertz CT molecular complexity index is 137. The summed E-state index contributed by atoms with van der Waals surface area (Å²) < 4.78 is 0. The highest BCUT2D eigenvalue weighted by Crippen LogP contribution is 2.19. The van der Waals surface area contributed by atoms with Crippen molar-refractivity contribution in [2.75, 3.05) is 24.6 Å². The van der Waals surface area contributed by atoms with Gasteiger partial charge in [0.15, 0.2) is 0 Å². The van der Waals surface area contributed by atoms with E-state index >= 15 is 0 Å². The Kier molecular flexibility index (Phi) is 19.4. The lowest BCUT2D eigenvalue weighted by molar-refractivity contribution is -0.118. The quantitative estimate of drug-likeness (QED) is 0.419. The van der Waals surface area contributed by atoms with Crippen molar-refractivity contribution < 1.29 is 7.65 Å². The first-order chi connectivity index (χ1) is 6.77. The normalized spacial score (nSPS) is 8.86. The van der Waals surface area contributed by atoms with Gasteiger partial charge in [-0.05, 0) is 0 Å². The third-order valence-corrected chi connectivity index (χ3v) is 3.67.